The average Bonchev–Trinajstić information content (AvgIpc) is 2.97. The van der Waals surface area contributed by atoms with Gasteiger partial charge in [0, 0.05) is 66.9 Å². The van der Waals surface area contributed by atoms with Gasteiger partial charge in [-0.15, -0.1) is 11.8 Å². The first-order valence-electron chi connectivity index (χ1n) is 12.6. The van der Waals surface area contributed by atoms with E-state index in [0.29, 0.717) is 32.7 Å². The Morgan fingerprint density at radius 2 is 1.04 bits per heavy atom. The Balaban J connectivity index is -0.0000000419. The second-order valence-corrected chi connectivity index (χ2v) is 10.9. The van der Waals surface area contributed by atoms with Crippen molar-refractivity contribution in [3.63, 3.8) is 0 Å². The predicted octanol–water partition coefficient (Wildman–Crippen LogP) is 13.2. The molecule has 1 radical (unpaired) electrons. The fourth-order valence-corrected chi connectivity index (χ4v) is 4.23. The van der Waals surface area contributed by atoms with Gasteiger partial charge in [-0.1, -0.05) is 173 Å². The molecule has 1 N–H and O–H groups in total. The molecule has 0 unspecified atom stereocenters. The number of hydrogen-bond acceptors (Lipinski definition) is 9. The van der Waals surface area contributed by atoms with Gasteiger partial charge in [-0.3, -0.25) is 15.3 Å². The van der Waals surface area contributed by atoms with Crippen LogP contribution in [0.3, 0.4) is 0 Å². The summed E-state index contributed by atoms with van der Waals surface area (Å²) < 4.78 is 11.5. The van der Waals surface area contributed by atoms with E-state index in [1.165, 1.54) is 23.5 Å². The van der Waals surface area contributed by atoms with Crippen molar-refractivity contribution in [2.24, 2.45) is 0 Å². The normalized spacial score (nSPS) is 7.51. The number of rotatable bonds is 13. The molecule has 5 nitrogen and oxygen atoms in total. The maximum atomic E-state index is 11.2. The summed E-state index contributed by atoms with van der Waals surface area (Å²) in [4.78, 5) is 22.5. The number of ether oxygens (including phenoxy) is 2. The molecule has 0 fully saturated rings. The molecular formula is C38H75O5S4UV-. The van der Waals surface area contributed by atoms with Gasteiger partial charge in [-0.2, -0.15) is 6.42 Å². The molecule has 0 saturated heterocycles. The fraction of sp³-hybridized carbons (Fsp3) is 0.553. The molecule has 0 saturated carbocycles. The first kappa shape index (κ1) is 82.4. The number of esters is 2. The number of carbonyl (C=O) groups is 2. The fourth-order valence-electron chi connectivity index (χ4n) is 2.28. The van der Waals surface area contributed by atoms with Crippen molar-refractivity contribution in [1.82, 2.24) is 0 Å². The molecule has 49 heavy (non-hydrogen) atoms. The van der Waals surface area contributed by atoms with Gasteiger partial charge >= 0.3 is 11.9 Å². The number of aliphatic hydroxyl groups excluding tert-OH is 1. The van der Waals surface area contributed by atoms with Crippen LogP contribution in [-0.4, -0.2) is 51.0 Å². The van der Waals surface area contributed by atoms with Crippen molar-refractivity contribution in [3.05, 3.63) is 77.5 Å². The smallest absolute Gasteiger partial charge is 0.316 e. The maximum Gasteiger partial charge on any atom is 0.316 e. The summed E-state index contributed by atoms with van der Waals surface area (Å²) in [6, 6.07) is 19.5. The number of benzene rings is 2. The molecule has 291 valence electrons. The average molecular weight is 1030 g/mol. The summed E-state index contributed by atoms with van der Waals surface area (Å²) in [6.07, 6.45) is 3.69. The van der Waals surface area contributed by atoms with Crippen LogP contribution in [0.2, 0.25) is 0 Å². The Morgan fingerprint density at radius 3 is 1.41 bits per heavy atom. The van der Waals surface area contributed by atoms with Gasteiger partial charge < -0.3 is 26.3 Å². The minimum atomic E-state index is -0.204. The third kappa shape index (κ3) is 50.0. The van der Waals surface area contributed by atoms with Crippen LogP contribution in [0, 0.1) is 36.9 Å². The van der Waals surface area contributed by atoms with E-state index in [2.05, 4.69) is 0 Å². The van der Waals surface area contributed by atoms with E-state index in [0.717, 1.165) is 38.8 Å². The summed E-state index contributed by atoms with van der Waals surface area (Å²) in [5.41, 5.74) is 2.02. The topological polar surface area (TPSA) is 72.8 Å². The molecule has 2 aromatic carbocycles. The van der Waals surface area contributed by atoms with E-state index >= 15 is 0 Å². The van der Waals surface area contributed by atoms with Gasteiger partial charge in [0.25, 0.3) is 0 Å². The number of aliphatic hydroxyl groups is 1. The Labute approximate surface area is 361 Å². The SMILES string of the molecule is C.C.C.C.C.C.C.C.C.CCCO.CCCOC(=O)CC[CH-]SC(=S)c1ccccc1.CCCOC(=O)CSC(=S)c1ccccc1.[U].[V]. The summed E-state index contributed by atoms with van der Waals surface area (Å²) in [5, 5.41) is 7.88. The van der Waals surface area contributed by atoms with Crippen LogP contribution in [0.15, 0.2) is 60.7 Å². The summed E-state index contributed by atoms with van der Waals surface area (Å²) in [6.45, 7) is 7.19. The van der Waals surface area contributed by atoms with Crippen LogP contribution in [0.5, 0.6) is 0 Å². The van der Waals surface area contributed by atoms with E-state index in [-0.39, 0.29) is 134 Å². The first-order valence-corrected chi connectivity index (χ1v) is 15.3. The molecular weight excluding hydrogens is 954 g/mol. The van der Waals surface area contributed by atoms with Gasteiger partial charge in [0.1, 0.15) is 0 Å². The van der Waals surface area contributed by atoms with Gasteiger partial charge in [-0.25, -0.2) is 0 Å². The molecule has 0 bridgehead atoms. The predicted molar refractivity (Wildman–Crippen MR) is 230 cm³/mol. The van der Waals surface area contributed by atoms with Gasteiger partial charge in [0.2, 0.25) is 0 Å². The van der Waals surface area contributed by atoms with Crippen LogP contribution < -0.4 is 0 Å². The largest absolute Gasteiger partial charge is 0.466 e. The van der Waals surface area contributed by atoms with Crippen LogP contribution in [-0.2, 0) is 37.6 Å². The van der Waals surface area contributed by atoms with Gasteiger partial charge in [-0.05, 0) is 30.4 Å². The first-order chi connectivity index (χ1) is 18.4. The molecule has 0 aliphatic carbocycles. The summed E-state index contributed by atoms with van der Waals surface area (Å²) in [5.74, 6) is 1.90. The van der Waals surface area contributed by atoms with E-state index in [9.17, 15) is 9.59 Å². The molecule has 0 amide bonds. The molecule has 0 atom stereocenters. The van der Waals surface area contributed by atoms with Crippen LogP contribution in [0.25, 0.3) is 0 Å². The maximum absolute atomic E-state index is 11.2. The Kier molecular flexibility index (Phi) is 101. The monoisotopic (exact) mass is 1030 g/mol. The molecule has 11 heteroatoms. The quantitative estimate of drug-likeness (QED) is 0.0914. The molecule has 2 aromatic rings. The molecule has 0 aromatic heterocycles. The summed E-state index contributed by atoms with van der Waals surface area (Å²) in [7, 11) is 0. The van der Waals surface area contributed by atoms with Crippen LogP contribution >= 0.6 is 48.0 Å². The molecule has 0 heterocycles. The molecule has 2 rings (SSSR count). The second-order valence-electron chi connectivity index (χ2n) is 7.58. The Bertz CT molecular complexity index is 923. The van der Waals surface area contributed by atoms with E-state index < -0.39 is 0 Å². The Morgan fingerprint density at radius 1 is 0.673 bits per heavy atom. The van der Waals surface area contributed by atoms with Crippen molar-refractivity contribution in [2.45, 2.75) is 120 Å². The number of thioether (sulfide) groups is 2. The van der Waals surface area contributed by atoms with Crippen LogP contribution in [0.4, 0.5) is 0 Å². The van der Waals surface area contributed by atoms with Crippen LogP contribution in [0.1, 0.15) is 131 Å². The van der Waals surface area contributed by atoms with Crippen molar-refractivity contribution in [3.8, 4) is 0 Å². The van der Waals surface area contributed by atoms with Crippen molar-refractivity contribution >= 4 is 68.3 Å². The zero-order valence-electron chi connectivity index (χ0n) is 23.4. The molecule has 0 aliphatic heterocycles. The standard InChI is InChI=1S/C14H17O2S2.C12H14O2S2.C3H8O.9CH4.U.V/c1-2-10-16-13(15)9-6-11-18-14(17)12-7-4-3-5-8-12;1-2-8-14-11(13)9-16-12(15)10-6-4-3-5-7-10;1-2-3-4;;;;;;;;;;;/h3-5,7-8,11H,2,6,9-10H2,1H3;3-7H,2,8-9H2,1H3;4H,2-3H2,1H3;9*1H4;;/q-1;;;;;;;;;;;;;. The van der Waals surface area contributed by atoms with Gasteiger partial charge in [0.15, 0.2) is 0 Å². The zero-order chi connectivity index (χ0) is 28.4. The molecule has 0 spiro atoms. The number of thiocarbonyl (C=S) groups is 2. The summed E-state index contributed by atoms with van der Waals surface area (Å²) >= 11 is 13.3. The Hall–Kier alpha value is -0.144. The molecule has 0 aliphatic rings. The third-order valence-corrected chi connectivity index (χ3v) is 7.00. The zero-order valence-corrected chi connectivity index (χ0v) is 32.2. The van der Waals surface area contributed by atoms with Gasteiger partial charge in [0.05, 0.1) is 23.2 Å². The number of hydrogen-bond donors (Lipinski definition) is 1. The minimum absolute atomic E-state index is 0. The second kappa shape index (κ2) is 60.0. The van der Waals surface area contributed by atoms with E-state index in [1.807, 2.05) is 87.2 Å². The third-order valence-electron chi connectivity index (χ3n) is 4.15. The van der Waals surface area contributed by atoms with Crippen molar-refractivity contribution in [2.75, 3.05) is 25.6 Å². The van der Waals surface area contributed by atoms with Crippen molar-refractivity contribution in [1.29, 1.82) is 0 Å². The minimum Gasteiger partial charge on any atom is -0.466 e. The van der Waals surface area contributed by atoms with E-state index in [4.69, 9.17) is 39.0 Å². The number of carbonyl (C=O) groups excluding carboxylic acids is 2. The van der Waals surface area contributed by atoms with Crippen molar-refractivity contribution < 1.29 is 73.8 Å². The van der Waals surface area contributed by atoms with E-state index in [1.54, 1.807) is 0 Å².